The zero-order chi connectivity index (χ0) is 15.7. The van der Waals surface area contributed by atoms with Crippen molar-refractivity contribution in [3.8, 4) is 27.5 Å². The quantitative estimate of drug-likeness (QED) is 0.708. The molecule has 0 fully saturated rings. The van der Waals surface area contributed by atoms with E-state index in [1.54, 1.807) is 11.4 Å². The standard InChI is InChI=1S/C13H4F3N4S2/c14-13(15,16)9-6-22-12(20-9)11-18-3-1-8(19-11)10-7(5-17)2-4-21-10/h1-2,4,6H. The fourth-order valence-electron chi connectivity index (χ4n) is 1.64. The average molecular weight is 337 g/mol. The molecule has 1 radical (unpaired) electrons. The maximum Gasteiger partial charge on any atom is 0.434 e. The maximum atomic E-state index is 12.6. The number of nitrogens with zero attached hydrogens (tertiary/aromatic N) is 4. The van der Waals surface area contributed by atoms with Gasteiger partial charge < -0.3 is 0 Å². The molecule has 0 atom stereocenters. The van der Waals surface area contributed by atoms with E-state index in [1.807, 2.05) is 6.07 Å². The Morgan fingerprint density at radius 3 is 2.73 bits per heavy atom. The van der Waals surface area contributed by atoms with Crippen LogP contribution in [-0.4, -0.2) is 15.0 Å². The van der Waals surface area contributed by atoms with E-state index in [9.17, 15) is 13.2 Å². The molecule has 0 saturated heterocycles. The minimum absolute atomic E-state index is 0.0512. The summed E-state index contributed by atoms with van der Waals surface area (Å²) in [4.78, 5) is 12.1. The molecule has 4 nitrogen and oxygen atoms in total. The topological polar surface area (TPSA) is 62.5 Å². The Kier molecular flexibility index (Phi) is 3.64. The summed E-state index contributed by atoms with van der Waals surface area (Å²) >= 11 is 2.12. The zero-order valence-electron chi connectivity index (χ0n) is 10.5. The van der Waals surface area contributed by atoms with Gasteiger partial charge in [0.1, 0.15) is 6.07 Å². The highest BCUT2D eigenvalue weighted by Gasteiger charge is 2.34. The van der Waals surface area contributed by atoms with Gasteiger partial charge in [0.15, 0.2) is 16.5 Å². The molecule has 3 aromatic heterocycles. The monoisotopic (exact) mass is 337 g/mol. The summed E-state index contributed by atoms with van der Waals surface area (Å²) in [6.45, 7) is 0. The van der Waals surface area contributed by atoms with Crippen molar-refractivity contribution in [2.24, 2.45) is 0 Å². The molecule has 3 rings (SSSR count). The highest BCUT2D eigenvalue weighted by atomic mass is 32.1. The number of thiophene rings is 1. The predicted octanol–water partition coefficient (Wildman–Crippen LogP) is 4.02. The van der Waals surface area contributed by atoms with Gasteiger partial charge in [-0.3, -0.25) is 0 Å². The van der Waals surface area contributed by atoms with Crippen LogP contribution in [0.5, 0.6) is 0 Å². The van der Waals surface area contributed by atoms with Crippen molar-refractivity contribution in [1.29, 1.82) is 5.26 Å². The third kappa shape index (κ3) is 2.70. The van der Waals surface area contributed by atoms with Crippen LogP contribution in [0.1, 0.15) is 11.3 Å². The molecule has 109 valence electrons. The molecular weight excluding hydrogens is 333 g/mol. The lowest BCUT2D eigenvalue weighted by Crippen LogP contribution is -2.05. The summed E-state index contributed by atoms with van der Waals surface area (Å²) in [5.74, 6) is 0.0512. The molecule has 0 aliphatic heterocycles. The summed E-state index contributed by atoms with van der Waals surface area (Å²) in [7, 11) is 0. The van der Waals surface area contributed by atoms with Crippen molar-refractivity contribution in [3.05, 3.63) is 40.3 Å². The fraction of sp³-hybridized carbons (Fsp3) is 0.0769. The highest BCUT2D eigenvalue weighted by molar-refractivity contribution is 7.14. The number of thiazole rings is 1. The fourth-order valence-corrected chi connectivity index (χ4v) is 3.20. The van der Waals surface area contributed by atoms with Gasteiger partial charge in [0, 0.05) is 5.38 Å². The number of nitriles is 1. The normalized spacial score (nSPS) is 11.4. The molecule has 0 saturated carbocycles. The second kappa shape index (κ2) is 5.47. The van der Waals surface area contributed by atoms with E-state index in [2.05, 4.69) is 21.1 Å². The first-order valence-corrected chi connectivity index (χ1v) is 7.51. The molecule has 22 heavy (non-hydrogen) atoms. The number of hydrogen-bond acceptors (Lipinski definition) is 6. The first-order chi connectivity index (χ1) is 10.5. The molecule has 0 aliphatic carbocycles. The van der Waals surface area contributed by atoms with Crippen molar-refractivity contribution < 1.29 is 13.2 Å². The lowest BCUT2D eigenvalue weighted by molar-refractivity contribution is -0.140. The summed E-state index contributed by atoms with van der Waals surface area (Å²) in [6.07, 6.45) is -1.92. The van der Waals surface area contributed by atoms with Crippen molar-refractivity contribution >= 4 is 22.7 Å². The Hall–Kier alpha value is -2.31. The van der Waals surface area contributed by atoms with Gasteiger partial charge in [-0.15, -0.1) is 22.7 Å². The van der Waals surface area contributed by atoms with E-state index in [0.29, 0.717) is 16.1 Å². The first kappa shape index (κ1) is 14.6. The van der Waals surface area contributed by atoms with Crippen LogP contribution >= 0.6 is 22.7 Å². The summed E-state index contributed by atoms with van der Waals surface area (Å²) in [5, 5.41) is 11.7. The van der Waals surface area contributed by atoms with Crippen LogP contribution in [0.25, 0.3) is 21.4 Å². The molecule has 9 heteroatoms. The third-order valence-electron chi connectivity index (χ3n) is 2.60. The van der Waals surface area contributed by atoms with Gasteiger partial charge in [-0.2, -0.15) is 18.4 Å². The van der Waals surface area contributed by atoms with Crippen LogP contribution in [0.2, 0.25) is 0 Å². The maximum absolute atomic E-state index is 12.6. The van der Waals surface area contributed by atoms with Gasteiger partial charge in [-0.25, -0.2) is 15.0 Å². The Balaban J connectivity index is 2.02. The first-order valence-electron chi connectivity index (χ1n) is 5.75. The van der Waals surface area contributed by atoms with Crippen LogP contribution < -0.4 is 0 Å². The average Bonchev–Trinajstić information content (AvgIpc) is 3.16. The van der Waals surface area contributed by atoms with Crippen LogP contribution in [0.4, 0.5) is 13.2 Å². The smallest absolute Gasteiger partial charge is 0.228 e. The van der Waals surface area contributed by atoms with E-state index < -0.39 is 11.9 Å². The minimum Gasteiger partial charge on any atom is -0.228 e. The van der Waals surface area contributed by atoms with Crippen LogP contribution in [0, 0.1) is 17.5 Å². The molecule has 0 bridgehead atoms. The van der Waals surface area contributed by atoms with E-state index >= 15 is 0 Å². The number of hydrogen-bond donors (Lipinski definition) is 0. The lowest BCUT2D eigenvalue weighted by atomic mass is 10.2. The van der Waals surface area contributed by atoms with Crippen LogP contribution in [0.3, 0.4) is 0 Å². The van der Waals surface area contributed by atoms with Gasteiger partial charge >= 0.3 is 6.18 Å². The summed E-state index contributed by atoms with van der Waals surface area (Å²) in [5.41, 5.74) is -0.103. The number of aromatic nitrogens is 3. The molecule has 0 aromatic carbocycles. The van der Waals surface area contributed by atoms with Crippen molar-refractivity contribution in [3.63, 3.8) is 0 Å². The number of alkyl halides is 3. The van der Waals surface area contributed by atoms with Gasteiger partial charge in [0.25, 0.3) is 0 Å². The predicted molar refractivity (Wildman–Crippen MR) is 75.0 cm³/mol. The Bertz CT molecular complexity index is 861. The Morgan fingerprint density at radius 2 is 2.05 bits per heavy atom. The largest absolute Gasteiger partial charge is 0.434 e. The lowest BCUT2D eigenvalue weighted by Gasteiger charge is -2.01. The van der Waals surface area contributed by atoms with Crippen molar-refractivity contribution in [2.45, 2.75) is 6.18 Å². The van der Waals surface area contributed by atoms with Gasteiger partial charge in [0.2, 0.25) is 0 Å². The third-order valence-corrected chi connectivity index (χ3v) is 4.38. The van der Waals surface area contributed by atoms with E-state index in [1.165, 1.54) is 17.4 Å². The van der Waals surface area contributed by atoms with Crippen molar-refractivity contribution in [1.82, 2.24) is 15.0 Å². The number of rotatable bonds is 2. The second-order valence-corrected chi connectivity index (χ2v) is 5.79. The molecule has 0 spiro atoms. The van der Waals surface area contributed by atoms with Crippen LogP contribution in [0.15, 0.2) is 22.9 Å². The summed E-state index contributed by atoms with van der Waals surface area (Å²) < 4.78 is 37.7. The second-order valence-electron chi connectivity index (χ2n) is 4.02. The number of halogens is 3. The van der Waals surface area contributed by atoms with Gasteiger partial charge in [0.05, 0.1) is 22.3 Å². The van der Waals surface area contributed by atoms with E-state index in [4.69, 9.17) is 5.26 Å². The molecule has 0 amide bonds. The zero-order valence-corrected chi connectivity index (χ0v) is 12.2. The minimum atomic E-state index is -4.50. The van der Waals surface area contributed by atoms with Crippen LogP contribution in [-0.2, 0) is 6.18 Å². The Morgan fingerprint density at radius 1 is 1.23 bits per heavy atom. The Labute approximate surface area is 130 Å². The molecule has 3 aromatic rings. The van der Waals surface area contributed by atoms with Gasteiger partial charge in [-0.1, -0.05) is 0 Å². The molecule has 0 N–H and O–H groups in total. The molecular formula is C13H4F3N4S2. The molecule has 3 heterocycles. The molecule has 0 unspecified atom stereocenters. The van der Waals surface area contributed by atoms with E-state index in [-0.39, 0.29) is 10.8 Å². The highest BCUT2D eigenvalue weighted by Crippen LogP contribution is 2.33. The SMILES string of the molecule is N#Cc1ccsc1-c1c[c]nc(-c2nc(C(F)(F)F)cs2)n1. The summed E-state index contributed by atoms with van der Waals surface area (Å²) in [6, 6.07) is 5.16. The molecule has 0 aliphatic rings. The van der Waals surface area contributed by atoms with E-state index in [0.717, 1.165) is 16.7 Å². The van der Waals surface area contributed by atoms with Gasteiger partial charge in [-0.05, 0) is 17.5 Å². The van der Waals surface area contributed by atoms with Crippen molar-refractivity contribution in [2.75, 3.05) is 0 Å².